The van der Waals surface area contributed by atoms with Crippen molar-refractivity contribution < 1.29 is 4.39 Å². The number of halogens is 1. The maximum Gasteiger partial charge on any atom is 0.123 e. The summed E-state index contributed by atoms with van der Waals surface area (Å²) in [5.74, 6) is -0.191. The average molecular weight is 243 g/mol. The molecule has 0 spiro atoms. The molecule has 0 fully saturated rings. The van der Waals surface area contributed by atoms with Crippen molar-refractivity contribution in [2.24, 2.45) is 0 Å². The lowest BCUT2D eigenvalue weighted by molar-refractivity contribution is 0.615. The van der Waals surface area contributed by atoms with E-state index in [1.165, 1.54) is 11.6 Å². The van der Waals surface area contributed by atoms with Gasteiger partial charge < -0.3 is 5.32 Å². The van der Waals surface area contributed by atoms with Crippen LogP contribution < -0.4 is 5.32 Å². The lowest BCUT2D eigenvalue weighted by atomic mass is 9.94. The van der Waals surface area contributed by atoms with Gasteiger partial charge in [0.15, 0.2) is 0 Å². The second-order valence-electron chi connectivity index (χ2n) is 4.64. The molecular weight excluding hydrogens is 225 g/mol. The third kappa shape index (κ3) is 2.59. The lowest BCUT2D eigenvalue weighted by Crippen LogP contribution is -2.19. The Labute approximate surface area is 108 Å². The molecule has 0 radical (unpaired) electrons. The molecule has 0 amide bonds. The van der Waals surface area contributed by atoms with Gasteiger partial charge >= 0.3 is 0 Å². The highest BCUT2D eigenvalue weighted by Crippen LogP contribution is 2.25. The van der Waals surface area contributed by atoms with E-state index in [-0.39, 0.29) is 11.9 Å². The Balaban J connectivity index is 2.48. The number of benzene rings is 2. The third-order valence-corrected chi connectivity index (χ3v) is 3.22. The van der Waals surface area contributed by atoms with Crippen LogP contribution in [-0.2, 0) is 0 Å². The molecule has 0 aromatic heterocycles. The van der Waals surface area contributed by atoms with Gasteiger partial charge in [-0.2, -0.15) is 0 Å². The van der Waals surface area contributed by atoms with Gasteiger partial charge in [-0.1, -0.05) is 35.9 Å². The largest absolute Gasteiger partial charge is 0.309 e. The SMILES string of the molecule is CNC(c1cccc(C)c1)c1cc(F)ccc1C. The monoisotopic (exact) mass is 243 g/mol. The van der Waals surface area contributed by atoms with Crippen LogP contribution in [0.25, 0.3) is 0 Å². The molecule has 2 aromatic rings. The molecule has 18 heavy (non-hydrogen) atoms. The molecule has 0 aliphatic rings. The van der Waals surface area contributed by atoms with Gasteiger partial charge in [-0.3, -0.25) is 0 Å². The summed E-state index contributed by atoms with van der Waals surface area (Å²) in [6, 6.07) is 13.3. The second kappa shape index (κ2) is 5.32. The molecule has 1 atom stereocenters. The smallest absolute Gasteiger partial charge is 0.123 e. The van der Waals surface area contributed by atoms with Gasteiger partial charge in [0.25, 0.3) is 0 Å². The predicted octanol–water partition coefficient (Wildman–Crippen LogP) is 3.75. The molecular formula is C16H18FN. The van der Waals surface area contributed by atoms with E-state index < -0.39 is 0 Å². The number of nitrogens with one attached hydrogen (secondary N) is 1. The molecule has 0 bridgehead atoms. The Hall–Kier alpha value is -1.67. The molecule has 0 aliphatic carbocycles. The highest BCUT2D eigenvalue weighted by Gasteiger charge is 2.14. The first kappa shape index (κ1) is 12.8. The first-order valence-electron chi connectivity index (χ1n) is 6.11. The number of aryl methyl sites for hydroxylation is 2. The van der Waals surface area contributed by atoms with Crippen LogP contribution in [0.2, 0.25) is 0 Å². The van der Waals surface area contributed by atoms with Crippen LogP contribution in [0, 0.1) is 19.7 Å². The van der Waals surface area contributed by atoms with E-state index in [1.807, 2.05) is 26.1 Å². The minimum Gasteiger partial charge on any atom is -0.309 e. The fourth-order valence-electron chi connectivity index (χ4n) is 2.27. The molecule has 2 heteroatoms. The summed E-state index contributed by atoms with van der Waals surface area (Å²) < 4.78 is 13.4. The normalized spacial score (nSPS) is 12.4. The summed E-state index contributed by atoms with van der Waals surface area (Å²) >= 11 is 0. The van der Waals surface area contributed by atoms with Crippen LogP contribution in [0.3, 0.4) is 0 Å². The Morgan fingerprint density at radius 3 is 2.50 bits per heavy atom. The Morgan fingerprint density at radius 2 is 1.83 bits per heavy atom. The van der Waals surface area contributed by atoms with Crippen molar-refractivity contribution >= 4 is 0 Å². The van der Waals surface area contributed by atoms with Crippen molar-refractivity contribution in [3.05, 3.63) is 70.5 Å². The number of rotatable bonds is 3. The summed E-state index contributed by atoms with van der Waals surface area (Å²) in [6.45, 7) is 4.07. The Morgan fingerprint density at radius 1 is 1.06 bits per heavy atom. The Bertz CT molecular complexity index is 549. The van der Waals surface area contributed by atoms with E-state index in [0.717, 1.165) is 16.7 Å². The summed E-state index contributed by atoms with van der Waals surface area (Å²) in [4.78, 5) is 0. The van der Waals surface area contributed by atoms with Crippen LogP contribution in [0.15, 0.2) is 42.5 Å². The Kier molecular flexibility index (Phi) is 3.78. The van der Waals surface area contributed by atoms with Crippen molar-refractivity contribution in [2.45, 2.75) is 19.9 Å². The van der Waals surface area contributed by atoms with Crippen molar-refractivity contribution in [3.8, 4) is 0 Å². The molecule has 1 N–H and O–H groups in total. The fraction of sp³-hybridized carbons (Fsp3) is 0.250. The highest BCUT2D eigenvalue weighted by atomic mass is 19.1. The first-order chi connectivity index (χ1) is 8.61. The van der Waals surface area contributed by atoms with E-state index in [0.29, 0.717) is 0 Å². The third-order valence-electron chi connectivity index (χ3n) is 3.22. The highest BCUT2D eigenvalue weighted by molar-refractivity contribution is 5.38. The predicted molar refractivity (Wildman–Crippen MR) is 73.2 cm³/mol. The maximum atomic E-state index is 13.4. The topological polar surface area (TPSA) is 12.0 Å². The van der Waals surface area contributed by atoms with Gasteiger partial charge in [-0.25, -0.2) is 4.39 Å². The van der Waals surface area contributed by atoms with Crippen LogP contribution in [0.5, 0.6) is 0 Å². The zero-order valence-corrected chi connectivity index (χ0v) is 11.0. The minimum absolute atomic E-state index is 0.0283. The summed E-state index contributed by atoms with van der Waals surface area (Å²) in [5, 5.41) is 3.26. The zero-order chi connectivity index (χ0) is 13.1. The summed E-state index contributed by atoms with van der Waals surface area (Å²) in [6.07, 6.45) is 0. The molecule has 0 saturated carbocycles. The van der Waals surface area contributed by atoms with Crippen LogP contribution in [0.4, 0.5) is 4.39 Å². The summed E-state index contributed by atoms with van der Waals surface area (Å²) in [7, 11) is 1.90. The van der Waals surface area contributed by atoms with E-state index in [1.54, 1.807) is 6.07 Å². The first-order valence-corrected chi connectivity index (χ1v) is 6.11. The molecule has 0 saturated heterocycles. The van der Waals surface area contributed by atoms with Gasteiger partial charge in [0.05, 0.1) is 6.04 Å². The van der Waals surface area contributed by atoms with E-state index >= 15 is 0 Å². The van der Waals surface area contributed by atoms with Crippen molar-refractivity contribution in [2.75, 3.05) is 7.05 Å². The van der Waals surface area contributed by atoms with Gasteiger partial charge in [0.2, 0.25) is 0 Å². The molecule has 2 aromatic carbocycles. The molecule has 0 heterocycles. The van der Waals surface area contributed by atoms with Gasteiger partial charge in [0, 0.05) is 0 Å². The molecule has 1 unspecified atom stereocenters. The minimum atomic E-state index is -0.191. The van der Waals surface area contributed by atoms with E-state index in [2.05, 4.69) is 30.4 Å². The molecule has 2 rings (SSSR count). The lowest BCUT2D eigenvalue weighted by Gasteiger charge is -2.20. The van der Waals surface area contributed by atoms with Crippen molar-refractivity contribution in [1.29, 1.82) is 0 Å². The molecule has 1 nitrogen and oxygen atoms in total. The van der Waals surface area contributed by atoms with Crippen molar-refractivity contribution in [1.82, 2.24) is 5.32 Å². The molecule has 94 valence electrons. The zero-order valence-electron chi connectivity index (χ0n) is 11.0. The quantitative estimate of drug-likeness (QED) is 0.865. The summed E-state index contributed by atoms with van der Waals surface area (Å²) in [5.41, 5.74) is 4.45. The van der Waals surface area contributed by atoms with E-state index in [9.17, 15) is 4.39 Å². The van der Waals surface area contributed by atoms with Gasteiger partial charge in [-0.05, 0) is 49.7 Å². The van der Waals surface area contributed by atoms with Crippen LogP contribution in [0.1, 0.15) is 28.3 Å². The van der Waals surface area contributed by atoms with Gasteiger partial charge in [-0.15, -0.1) is 0 Å². The maximum absolute atomic E-state index is 13.4. The van der Waals surface area contributed by atoms with E-state index in [4.69, 9.17) is 0 Å². The fourth-order valence-corrected chi connectivity index (χ4v) is 2.27. The number of hydrogen-bond acceptors (Lipinski definition) is 1. The average Bonchev–Trinajstić information content (AvgIpc) is 2.35. The van der Waals surface area contributed by atoms with Crippen LogP contribution in [-0.4, -0.2) is 7.05 Å². The number of hydrogen-bond donors (Lipinski definition) is 1. The van der Waals surface area contributed by atoms with Gasteiger partial charge in [0.1, 0.15) is 5.82 Å². The van der Waals surface area contributed by atoms with Crippen molar-refractivity contribution in [3.63, 3.8) is 0 Å². The standard InChI is InChI=1S/C16H18FN/c1-11-5-4-6-13(9-11)16(18-3)15-10-14(17)8-7-12(15)2/h4-10,16,18H,1-3H3. The molecule has 0 aliphatic heterocycles. The van der Waals surface area contributed by atoms with Crippen LogP contribution >= 0.6 is 0 Å². The second-order valence-corrected chi connectivity index (χ2v) is 4.64.